The first-order valence-corrected chi connectivity index (χ1v) is 7.41. The third-order valence-electron chi connectivity index (χ3n) is 3.51. The Hall–Kier alpha value is -1.31. The van der Waals surface area contributed by atoms with Crippen LogP contribution in [0.3, 0.4) is 0 Å². The van der Waals surface area contributed by atoms with Gasteiger partial charge in [-0.2, -0.15) is 0 Å². The van der Waals surface area contributed by atoms with Gasteiger partial charge in [-0.3, -0.25) is 0 Å². The van der Waals surface area contributed by atoms with E-state index in [-0.39, 0.29) is 6.10 Å². The van der Waals surface area contributed by atoms with Gasteiger partial charge < -0.3 is 5.11 Å². The van der Waals surface area contributed by atoms with Crippen LogP contribution >= 0.6 is 11.6 Å². The van der Waals surface area contributed by atoms with Gasteiger partial charge in [-0.1, -0.05) is 53.6 Å². The number of aryl methyl sites for hydroxylation is 3. The molecule has 0 aliphatic carbocycles. The molecule has 0 spiro atoms. The van der Waals surface area contributed by atoms with Gasteiger partial charge in [0.2, 0.25) is 0 Å². The molecule has 2 rings (SSSR count). The Morgan fingerprint density at radius 2 is 1.80 bits per heavy atom. The third kappa shape index (κ3) is 4.36. The van der Waals surface area contributed by atoms with E-state index in [1.54, 1.807) is 0 Å². The lowest BCUT2D eigenvalue weighted by molar-refractivity contribution is 0.165. The molecule has 2 aromatic carbocycles. The number of hydrogen-bond donors (Lipinski definition) is 1. The Bertz CT molecular complexity index is 577. The summed E-state index contributed by atoms with van der Waals surface area (Å²) in [6, 6.07) is 14.4. The molecule has 0 heterocycles. The van der Waals surface area contributed by atoms with Gasteiger partial charge in [0.15, 0.2) is 0 Å². The van der Waals surface area contributed by atoms with E-state index in [0.29, 0.717) is 6.42 Å². The fraction of sp³-hybridized carbons (Fsp3) is 0.333. The van der Waals surface area contributed by atoms with Crippen LogP contribution in [0.15, 0.2) is 42.5 Å². The van der Waals surface area contributed by atoms with Crippen LogP contribution in [-0.2, 0) is 12.8 Å². The summed E-state index contributed by atoms with van der Waals surface area (Å²) in [4.78, 5) is 0. The number of aliphatic hydroxyl groups excluding tert-OH is 1. The molecule has 0 fully saturated rings. The second-order valence-corrected chi connectivity index (χ2v) is 5.89. The number of halogens is 1. The molecule has 0 bridgehead atoms. The van der Waals surface area contributed by atoms with Crippen molar-refractivity contribution in [2.45, 2.75) is 39.2 Å². The zero-order chi connectivity index (χ0) is 14.5. The van der Waals surface area contributed by atoms with E-state index in [4.69, 9.17) is 11.6 Å². The van der Waals surface area contributed by atoms with Crippen molar-refractivity contribution in [1.29, 1.82) is 0 Å². The molecule has 0 aromatic heterocycles. The van der Waals surface area contributed by atoms with Crippen LogP contribution in [0.1, 0.15) is 28.7 Å². The van der Waals surface area contributed by atoms with Gasteiger partial charge in [0.1, 0.15) is 0 Å². The molecule has 1 atom stereocenters. The Morgan fingerprint density at radius 1 is 1.05 bits per heavy atom. The second-order valence-electron chi connectivity index (χ2n) is 5.48. The molecule has 1 N–H and O–H groups in total. The normalized spacial score (nSPS) is 12.4. The van der Waals surface area contributed by atoms with Gasteiger partial charge in [-0.15, -0.1) is 0 Å². The summed E-state index contributed by atoms with van der Waals surface area (Å²) in [5, 5.41) is 10.9. The van der Waals surface area contributed by atoms with Gasteiger partial charge in [0.05, 0.1) is 6.10 Å². The summed E-state index contributed by atoms with van der Waals surface area (Å²) < 4.78 is 0. The average molecular weight is 289 g/mol. The molecule has 0 aliphatic heterocycles. The number of benzene rings is 2. The molecule has 106 valence electrons. The largest absolute Gasteiger partial charge is 0.393 e. The van der Waals surface area contributed by atoms with Crippen molar-refractivity contribution in [3.8, 4) is 0 Å². The van der Waals surface area contributed by atoms with Crippen LogP contribution < -0.4 is 0 Å². The molecule has 20 heavy (non-hydrogen) atoms. The van der Waals surface area contributed by atoms with E-state index in [2.05, 4.69) is 31.2 Å². The van der Waals surface area contributed by atoms with Crippen LogP contribution in [0.25, 0.3) is 0 Å². The Labute approximate surface area is 126 Å². The van der Waals surface area contributed by atoms with Crippen molar-refractivity contribution in [1.82, 2.24) is 0 Å². The molecule has 0 saturated heterocycles. The zero-order valence-electron chi connectivity index (χ0n) is 12.1. The van der Waals surface area contributed by atoms with E-state index in [9.17, 15) is 5.11 Å². The van der Waals surface area contributed by atoms with Gasteiger partial charge in [-0.25, -0.2) is 0 Å². The maximum absolute atomic E-state index is 10.2. The van der Waals surface area contributed by atoms with Crippen LogP contribution in [0, 0.1) is 13.8 Å². The molecule has 0 aliphatic rings. The highest BCUT2D eigenvalue weighted by Crippen LogP contribution is 2.20. The molecule has 0 saturated carbocycles. The highest BCUT2D eigenvalue weighted by molar-refractivity contribution is 6.31. The van der Waals surface area contributed by atoms with Crippen molar-refractivity contribution in [2.24, 2.45) is 0 Å². The lowest BCUT2D eigenvalue weighted by atomic mass is 10.00. The van der Waals surface area contributed by atoms with Crippen molar-refractivity contribution in [3.63, 3.8) is 0 Å². The SMILES string of the molecule is Cc1cccc(CCC(O)Cc2ccc(C)cc2Cl)c1. The maximum atomic E-state index is 10.2. The topological polar surface area (TPSA) is 20.2 Å². The average Bonchev–Trinajstić information content (AvgIpc) is 2.40. The Balaban J connectivity index is 1.90. The molecular weight excluding hydrogens is 268 g/mol. The maximum Gasteiger partial charge on any atom is 0.0584 e. The molecule has 0 radical (unpaired) electrons. The monoisotopic (exact) mass is 288 g/mol. The number of aliphatic hydroxyl groups is 1. The van der Waals surface area contributed by atoms with Crippen LogP contribution in [0.4, 0.5) is 0 Å². The van der Waals surface area contributed by atoms with Crippen molar-refractivity contribution in [3.05, 3.63) is 69.7 Å². The summed E-state index contributed by atoms with van der Waals surface area (Å²) in [6.45, 7) is 4.11. The first-order valence-electron chi connectivity index (χ1n) is 7.03. The molecular formula is C18H21ClO. The van der Waals surface area contributed by atoms with Crippen molar-refractivity contribution < 1.29 is 5.11 Å². The van der Waals surface area contributed by atoms with Crippen LogP contribution in [0.2, 0.25) is 5.02 Å². The molecule has 0 amide bonds. The number of rotatable bonds is 5. The molecule has 1 unspecified atom stereocenters. The van der Waals surface area contributed by atoms with Crippen molar-refractivity contribution >= 4 is 11.6 Å². The van der Waals surface area contributed by atoms with E-state index in [1.807, 2.05) is 25.1 Å². The number of hydrogen-bond acceptors (Lipinski definition) is 1. The summed E-state index contributed by atoms with van der Waals surface area (Å²) >= 11 is 6.20. The summed E-state index contributed by atoms with van der Waals surface area (Å²) in [7, 11) is 0. The summed E-state index contributed by atoms with van der Waals surface area (Å²) in [5.74, 6) is 0. The Morgan fingerprint density at radius 3 is 2.50 bits per heavy atom. The predicted molar refractivity (Wildman–Crippen MR) is 85.4 cm³/mol. The standard InChI is InChI=1S/C18H21ClO/c1-13-4-3-5-15(10-13)7-9-17(20)12-16-8-6-14(2)11-18(16)19/h3-6,8,10-11,17,20H,7,9,12H2,1-2H3. The second kappa shape index (κ2) is 6.92. The van der Waals surface area contributed by atoms with Gasteiger partial charge >= 0.3 is 0 Å². The highest BCUT2D eigenvalue weighted by Gasteiger charge is 2.09. The fourth-order valence-corrected chi connectivity index (χ4v) is 2.69. The van der Waals surface area contributed by atoms with E-state index < -0.39 is 0 Å². The zero-order valence-corrected chi connectivity index (χ0v) is 12.8. The van der Waals surface area contributed by atoms with Crippen molar-refractivity contribution in [2.75, 3.05) is 0 Å². The minimum atomic E-state index is -0.351. The van der Waals surface area contributed by atoms with Gasteiger partial charge in [0.25, 0.3) is 0 Å². The first kappa shape index (κ1) is 15.1. The fourth-order valence-electron chi connectivity index (χ4n) is 2.37. The smallest absolute Gasteiger partial charge is 0.0584 e. The molecule has 2 heteroatoms. The van der Waals surface area contributed by atoms with Crippen LogP contribution in [-0.4, -0.2) is 11.2 Å². The van der Waals surface area contributed by atoms with E-state index in [1.165, 1.54) is 11.1 Å². The minimum Gasteiger partial charge on any atom is -0.393 e. The Kier molecular flexibility index (Phi) is 5.22. The first-order chi connectivity index (χ1) is 9.54. The molecule has 2 aromatic rings. The predicted octanol–water partition coefficient (Wildman–Crippen LogP) is 4.49. The third-order valence-corrected chi connectivity index (χ3v) is 3.86. The van der Waals surface area contributed by atoms with Crippen LogP contribution in [0.5, 0.6) is 0 Å². The van der Waals surface area contributed by atoms with Gasteiger partial charge in [0, 0.05) is 5.02 Å². The van der Waals surface area contributed by atoms with E-state index in [0.717, 1.165) is 29.0 Å². The summed E-state index contributed by atoms with van der Waals surface area (Å²) in [5.41, 5.74) is 4.71. The highest BCUT2D eigenvalue weighted by atomic mass is 35.5. The quantitative estimate of drug-likeness (QED) is 0.859. The summed E-state index contributed by atoms with van der Waals surface area (Å²) in [6.07, 6.45) is 1.92. The minimum absolute atomic E-state index is 0.351. The van der Waals surface area contributed by atoms with E-state index >= 15 is 0 Å². The lowest BCUT2D eigenvalue weighted by Gasteiger charge is -2.12. The molecule has 1 nitrogen and oxygen atoms in total. The lowest BCUT2D eigenvalue weighted by Crippen LogP contribution is -2.12. The van der Waals surface area contributed by atoms with Gasteiger partial charge in [-0.05, 0) is 55.9 Å².